The molecule has 1 aromatic heterocycles. The summed E-state index contributed by atoms with van der Waals surface area (Å²) in [7, 11) is 0. The van der Waals surface area contributed by atoms with Gasteiger partial charge in [0.15, 0.2) is 0 Å². The summed E-state index contributed by atoms with van der Waals surface area (Å²) in [5, 5.41) is 3.43. The number of aryl methyl sites for hydroxylation is 2. The molecule has 0 atom stereocenters. The number of nitrogens with zero attached hydrogens (tertiary/aromatic N) is 4. The number of benzene rings is 2. The molecule has 0 unspecified atom stereocenters. The van der Waals surface area contributed by atoms with Gasteiger partial charge in [-0.15, -0.1) is 0 Å². The lowest BCUT2D eigenvalue weighted by atomic mass is 10.1. The Bertz CT molecular complexity index is 991. The molecule has 5 heteroatoms. The van der Waals surface area contributed by atoms with Crippen LogP contribution in [0.1, 0.15) is 16.7 Å². The molecule has 0 bridgehead atoms. The molecule has 4 rings (SSSR count). The molecule has 0 spiro atoms. The van der Waals surface area contributed by atoms with Crippen LogP contribution in [0.2, 0.25) is 0 Å². The normalized spacial score (nSPS) is 14.9. The molecule has 3 aromatic rings. The van der Waals surface area contributed by atoms with Crippen molar-refractivity contribution in [1.82, 2.24) is 14.9 Å². The van der Waals surface area contributed by atoms with Crippen molar-refractivity contribution in [2.24, 2.45) is 0 Å². The molecule has 2 heterocycles. The predicted molar refractivity (Wildman–Crippen MR) is 125 cm³/mol. The van der Waals surface area contributed by atoms with Crippen molar-refractivity contribution >= 4 is 23.5 Å². The monoisotopic (exact) mass is 399 g/mol. The summed E-state index contributed by atoms with van der Waals surface area (Å²) in [6.07, 6.45) is 6.27. The smallest absolute Gasteiger partial charge is 0.227 e. The van der Waals surface area contributed by atoms with Crippen LogP contribution in [0.5, 0.6) is 0 Å². The van der Waals surface area contributed by atoms with Gasteiger partial charge in [0.2, 0.25) is 5.95 Å². The third-order valence-electron chi connectivity index (χ3n) is 5.42. The highest BCUT2D eigenvalue weighted by Gasteiger charge is 2.18. The van der Waals surface area contributed by atoms with E-state index in [-0.39, 0.29) is 0 Å². The van der Waals surface area contributed by atoms with E-state index in [2.05, 4.69) is 88.6 Å². The predicted octanol–water partition coefficient (Wildman–Crippen LogP) is 4.67. The van der Waals surface area contributed by atoms with Crippen LogP contribution in [0.3, 0.4) is 0 Å². The van der Waals surface area contributed by atoms with Crippen LogP contribution >= 0.6 is 0 Å². The van der Waals surface area contributed by atoms with Gasteiger partial charge in [0, 0.05) is 44.6 Å². The Balaban J connectivity index is 1.32. The lowest BCUT2D eigenvalue weighted by Crippen LogP contribution is -2.46. The summed E-state index contributed by atoms with van der Waals surface area (Å²) in [6.45, 7) is 9.09. The summed E-state index contributed by atoms with van der Waals surface area (Å²) in [6, 6.07) is 18.8. The van der Waals surface area contributed by atoms with E-state index in [0.29, 0.717) is 0 Å². The summed E-state index contributed by atoms with van der Waals surface area (Å²) in [5.74, 6) is 1.63. The van der Waals surface area contributed by atoms with E-state index in [4.69, 9.17) is 4.98 Å². The third-order valence-corrected chi connectivity index (χ3v) is 5.42. The minimum Gasteiger partial charge on any atom is -0.340 e. The van der Waals surface area contributed by atoms with Crippen LogP contribution in [0.15, 0.2) is 66.9 Å². The zero-order valence-electron chi connectivity index (χ0n) is 17.8. The molecular weight excluding hydrogens is 370 g/mol. The lowest BCUT2D eigenvalue weighted by Gasteiger charge is -2.34. The van der Waals surface area contributed by atoms with E-state index in [0.717, 1.165) is 50.2 Å². The van der Waals surface area contributed by atoms with Crippen LogP contribution in [0.4, 0.5) is 17.5 Å². The summed E-state index contributed by atoms with van der Waals surface area (Å²) < 4.78 is 0. The minimum atomic E-state index is 0.796. The highest BCUT2D eigenvalue weighted by atomic mass is 15.3. The van der Waals surface area contributed by atoms with E-state index < -0.39 is 0 Å². The Labute approximate surface area is 179 Å². The maximum Gasteiger partial charge on any atom is 0.227 e. The first-order valence-electron chi connectivity index (χ1n) is 10.5. The Morgan fingerprint density at radius 2 is 1.77 bits per heavy atom. The second-order valence-corrected chi connectivity index (χ2v) is 7.79. The van der Waals surface area contributed by atoms with Gasteiger partial charge in [0.1, 0.15) is 5.82 Å². The Hall–Kier alpha value is -3.18. The topological polar surface area (TPSA) is 44.3 Å². The summed E-state index contributed by atoms with van der Waals surface area (Å²) >= 11 is 0. The lowest BCUT2D eigenvalue weighted by molar-refractivity contribution is 0.283. The van der Waals surface area contributed by atoms with Crippen molar-refractivity contribution in [2.75, 3.05) is 42.9 Å². The molecule has 30 heavy (non-hydrogen) atoms. The molecule has 0 aliphatic carbocycles. The number of piperazine rings is 1. The maximum absolute atomic E-state index is 4.75. The van der Waals surface area contributed by atoms with E-state index in [1.54, 1.807) is 0 Å². The van der Waals surface area contributed by atoms with Gasteiger partial charge >= 0.3 is 0 Å². The molecule has 1 saturated heterocycles. The van der Waals surface area contributed by atoms with Gasteiger partial charge in [-0.2, -0.15) is 4.98 Å². The van der Waals surface area contributed by atoms with Gasteiger partial charge in [-0.1, -0.05) is 60.2 Å². The Morgan fingerprint density at radius 1 is 0.967 bits per heavy atom. The van der Waals surface area contributed by atoms with E-state index in [1.165, 1.54) is 16.7 Å². The molecule has 154 valence electrons. The summed E-state index contributed by atoms with van der Waals surface area (Å²) in [5.41, 5.74) is 4.81. The molecule has 2 aromatic carbocycles. The van der Waals surface area contributed by atoms with Gasteiger partial charge in [0.25, 0.3) is 0 Å². The molecule has 1 aliphatic rings. The van der Waals surface area contributed by atoms with Crippen LogP contribution in [-0.4, -0.2) is 47.6 Å². The number of nitrogens with one attached hydrogen (secondary N) is 1. The van der Waals surface area contributed by atoms with Gasteiger partial charge in [-0.05, 0) is 37.1 Å². The minimum absolute atomic E-state index is 0.796. The second kappa shape index (κ2) is 9.55. The van der Waals surface area contributed by atoms with E-state index in [1.807, 2.05) is 18.3 Å². The van der Waals surface area contributed by atoms with Crippen LogP contribution in [0.25, 0.3) is 6.08 Å². The largest absolute Gasteiger partial charge is 0.340 e. The number of rotatable bonds is 6. The zero-order chi connectivity index (χ0) is 20.8. The highest BCUT2D eigenvalue weighted by Crippen LogP contribution is 2.21. The van der Waals surface area contributed by atoms with Gasteiger partial charge in [-0.25, -0.2) is 4.98 Å². The SMILES string of the molecule is Cc1ccc(Nc2ccnc(N3CCN(C/C=C/c4ccccc4)CC3)n2)c(C)c1. The average Bonchev–Trinajstić information content (AvgIpc) is 2.77. The van der Waals surface area contributed by atoms with E-state index >= 15 is 0 Å². The Morgan fingerprint density at radius 3 is 2.53 bits per heavy atom. The molecule has 5 nitrogen and oxygen atoms in total. The maximum atomic E-state index is 4.75. The molecule has 0 saturated carbocycles. The molecule has 0 radical (unpaired) electrons. The Kier molecular flexibility index (Phi) is 6.40. The van der Waals surface area contributed by atoms with Crippen molar-refractivity contribution in [2.45, 2.75) is 13.8 Å². The fraction of sp³-hybridized carbons (Fsp3) is 0.280. The number of hydrogen-bond acceptors (Lipinski definition) is 5. The van der Waals surface area contributed by atoms with Crippen molar-refractivity contribution < 1.29 is 0 Å². The first-order chi connectivity index (χ1) is 14.7. The molecule has 1 N–H and O–H groups in total. The van der Waals surface area contributed by atoms with E-state index in [9.17, 15) is 0 Å². The third kappa shape index (κ3) is 5.24. The fourth-order valence-electron chi connectivity index (χ4n) is 3.69. The van der Waals surface area contributed by atoms with Crippen molar-refractivity contribution in [1.29, 1.82) is 0 Å². The second-order valence-electron chi connectivity index (χ2n) is 7.79. The first-order valence-corrected chi connectivity index (χ1v) is 10.5. The summed E-state index contributed by atoms with van der Waals surface area (Å²) in [4.78, 5) is 14.0. The van der Waals surface area contributed by atoms with Crippen LogP contribution < -0.4 is 10.2 Å². The molecule has 0 amide bonds. The number of hydrogen-bond donors (Lipinski definition) is 1. The molecule has 1 aliphatic heterocycles. The standard InChI is InChI=1S/C25H29N5/c1-20-10-11-23(21(2)19-20)27-24-12-13-26-25(28-24)30-17-15-29(16-18-30)14-6-9-22-7-4-3-5-8-22/h3-13,19H,14-18H2,1-2H3,(H,26,27,28)/b9-6+. The van der Waals surface area contributed by atoms with Crippen molar-refractivity contribution in [3.05, 3.63) is 83.6 Å². The van der Waals surface area contributed by atoms with Crippen LogP contribution in [0, 0.1) is 13.8 Å². The van der Waals surface area contributed by atoms with Gasteiger partial charge in [0.05, 0.1) is 0 Å². The molecule has 1 fully saturated rings. The average molecular weight is 400 g/mol. The zero-order valence-corrected chi connectivity index (χ0v) is 17.8. The quantitative estimate of drug-likeness (QED) is 0.652. The van der Waals surface area contributed by atoms with Gasteiger partial charge in [-0.3, -0.25) is 4.90 Å². The van der Waals surface area contributed by atoms with Crippen molar-refractivity contribution in [3.8, 4) is 0 Å². The number of anilines is 3. The first kappa shape index (κ1) is 20.1. The molecular formula is C25H29N5. The highest BCUT2D eigenvalue weighted by molar-refractivity contribution is 5.61. The van der Waals surface area contributed by atoms with Crippen molar-refractivity contribution in [3.63, 3.8) is 0 Å². The fourth-order valence-corrected chi connectivity index (χ4v) is 3.69. The van der Waals surface area contributed by atoms with Gasteiger partial charge < -0.3 is 10.2 Å². The van der Waals surface area contributed by atoms with Crippen LogP contribution in [-0.2, 0) is 0 Å². The number of aromatic nitrogens is 2.